The SMILES string of the molecule is CC(C)c1ccc(C(NC(=O)c2ccc3c(c2)CCN3S(C)(=O)=O)C(C)C)cc1. The molecule has 1 aliphatic heterocycles. The third-order valence-electron chi connectivity index (χ3n) is 5.51. The highest BCUT2D eigenvalue weighted by molar-refractivity contribution is 7.92. The minimum absolute atomic E-state index is 0.0931. The number of fused-ring (bicyclic) bond motifs is 1. The highest BCUT2D eigenvalue weighted by Crippen LogP contribution is 2.31. The Morgan fingerprint density at radius 2 is 1.62 bits per heavy atom. The van der Waals surface area contributed by atoms with Gasteiger partial charge in [0.05, 0.1) is 18.0 Å². The van der Waals surface area contributed by atoms with Crippen LogP contribution in [0.1, 0.15) is 66.7 Å². The summed E-state index contributed by atoms with van der Waals surface area (Å²) in [5.74, 6) is 0.560. The van der Waals surface area contributed by atoms with Gasteiger partial charge < -0.3 is 5.32 Å². The first kappa shape index (κ1) is 21.4. The Morgan fingerprint density at radius 1 is 1.00 bits per heavy atom. The van der Waals surface area contributed by atoms with E-state index < -0.39 is 10.0 Å². The second kappa shape index (κ2) is 8.19. The molecular formula is C23H30N2O3S. The third kappa shape index (κ3) is 4.64. The fourth-order valence-corrected chi connectivity index (χ4v) is 4.76. The van der Waals surface area contributed by atoms with E-state index in [4.69, 9.17) is 0 Å². The van der Waals surface area contributed by atoms with Crippen molar-refractivity contribution in [3.63, 3.8) is 0 Å². The van der Waals surface area contributed by atoms with Crippen LogP contribution in [0, 0.1) is 5.92 Å². The summed E-state index contributed by atoms with van der Waals surface area (Å²) in [6.45, 7) is 8.93. The van der Waals surface area contributed by atoms with E-state index in [2.05, 4.69) is 57.3 Å². The number of hydrogen-bond acceptors (Lipinski definition) is 3. The number of rotatable bonds is 6. The van der Waals surface area contributed by atoms with E-state index in [0.717, 1.165) is 11.1 Å². The van der Waals surface area contributed by atoms with Crippen LogP contribution < -0.4 is 9.62 Å². The Bertz CT molecular complexity index is 995. The molecule has 156 valence electrons. The molecule has 3 rings (SSSR count). The molecule has 0 saturated heterocycles. The van der Waals surface area contributed by atoms with Crippen LogP contribution in [0.15, 0.2) is 42.5 Å². The zero-order chi connectivity index (χ0) is 21.3. The Labute approximate surface area is 174 Å². The molecule has 1 aliphatic rings. The smallest absolute Gasteiger partial charge is 0.251 e. The van der Waals surface area contributed by atoms with Gasteiger partial charge >= 0.3 is 0 Å². The normalized spacial score (nSPS) is 14.9. The van der Waals surface area contributed by atoms with Crippen LogP contribution >= 0.6 is 0 Å². The maximum absolute atomic E-state index is 12.9. The molecular weight excluding hydrogens is 384 g/mol. The molecule has 0 spiro atoms. The minimum Gasteiger partial charge on any atom is -0.345 e. The maximum Gasteiger partial charge on any atom is 0.251 e. The quantitative estimate of drug-likeness (QED) is 0.768. The fourth-order valence-electron chi connectivity index (χ4n) is 3.80. The van der Waals surface area contributed by atoms with Crippen molar-refractivity contribution in [2.75, 3.05) is 17.1 Å². The molecule has 1 amide bonds. The molecule has 6 heteroatoms. The first-order chi connectivity index (χ1) is 13.6. The number of nitrogens with one attached hydrogen (secondary N) is 1. The van der Waals surface area contributed by atoms with Gasteiger partial charge in [0, 0.05) is 12.1 Å². The number of amides is 1. The first-order valence-corrected chi connectivity index (χ1v) is 11.9. The molecule has 2 aromatic rings. The monoisotopic (exact) mass is 414 g/mol. The minimum atomic E-state index is -3.29. The van der Waals surface area contributed by atoms with Crippen LogP contribution in [0.4, 0.5) is 5.69 Å². The molecule has 0 aromatic heterocycles. The van der Waals surface area contributed by atoms with Crippen LogP contribution in [0.3, 0.4) is 0 Å². The highest BCUT2D eigenvalue weighted by Gasteiger charge is 2.27. The van der Waals surface area contributed by atoms with E-state index in [1.807, 2.05) is 6.07 Å². The summed E-state index contributed by atoms with van der Waals surface area (Å²) in [5.41, 5.74) is 4.49. The lowest BCUT2D eigenvalue weighted by Gasteiger charge is -2.24. The average Bonchev–Trinajstić information content (AvgIpc) is 3.09. The first-order valence-electron chi connectivity index (χ1n) is 10.1. The van der Waals surface area contributed by atoms with Gasteiger partial charge in [-0.2, -0.15) is 0 Å². The number of benzene rings is 2. The van der Waals surface area contributed by atoms with E-state index in [-0.39, 0.29) is 17.9 Å². The largest absolute Gasteiger partial charge is 0.345 e. The lowest BCUT2D eigenvalue weighted by Crippen LogP contribution is -2.32. The van der Waals surface area contributed by atoms with Gasteiger partial charge in [-0.3, -0.25) is 9.10 Å². The molecule has 29 heavy (non-hydrogen) atoms. The fraction of sp³-hybridized carbons (Fsp3) is 0.435. The highest BCUT2D eigenvalue weighted by atomic mass is 32.2. The second-order valence-electron chi connectivity index (χ2n) is 8.45. The number of hydrogen-bond donors (Lipinski definition) is 1. The predicted molar refractivity (Wildman–Crippen MR) is 118 cm³/mol. The van der Waals surface area contributed by atoms with Gasteiger partial charge in [0.15, 0.2) is 0 Å². The van der Waals surface area contributed by atoms with Crippen LogP contribution in [0.2, 0.25) is 0 Å². The van der Waals surface area contributed by atoms with Crippen molar-refractivity contribution in [1.29, 1.82) is 0 Å². The number of carbonyl (C=O) groups is 1. The third-order valence-corrected chi connectivity index (χ3v) is 6.69. The summed E-state index contributed by atoms with van der Waals surface area (Å²) in [6.07, 6.45) is 1.83. The van der Waals surface area contributed by atoms with Crippen LogP contribution in [0.5, 0.6) is 0 Å². The van der Waals surface area contributed by atoms with E-state index in [0.29, 0.717) is 30.1 Å². The van der Waals surface area contributed by atoms with Gasteiger partial charge in [-0.1, -0.05) is 52.0 Å². The van der Waals surface area contributed by atoms with Crippen molar-refractivity contribution < 1.29 is 13.2 Å². The van der Waals surface area contributed by atoms with Gasteiger partial charge in [-0.15, -0.1) is 0 Å². The summed E-state index contributed by atoms with van der Waals surface area (Å²) in [6, 6.07) is 13.6. The lowest BCUT2D eigenvalue weighted by molar-refractivity contribution is 0.0925. The summed E-state index contributed by atoms with van der Waals surface area (Å²) in [4.78, 5) is 12.9. The summed E-state index contributed by atoms with van der Waals surface area (Å²) in [5, 5.41) is 3.16. The van der Waals surface area contributed by atoms with E-state index >= 15 is 0 Å². The van der Waals surface area contributed by atoms with E-state index in [1.54, 1.807) is 12.1 Å². The van der Waals surface area contributed by atoms with Crippen molar-refractivity contribution >= 4 is 21.6 Å². The molecule has 5 nitrogen and oxygen atoms in total. The molecule has 0 saturated carbocycles. The molecule has 1 N–H and O–H groups in total. The van der Waals surface area contributed by atoms with Gasteiger partial charge in [0.1, 0.15) is 0 Å². The zero-order valence-corrected chi connectivity index (χ0v) is 18.6. The van der Waals surface area contributed by atoms with Crippen molar-refractivity contribution in [3.8, 4) is 0 Å². The van der Waals surface area contributed by atoms with Crippen LogP contribution in [-0.4, -0.2) is 27.1 Å². The topological polar surface area (TPSA) is 66.5 Å². The summed E-state index contributed by atoms with van der Waals surface area (Å²) < 4.78 is 25.2. The maximum atomic E-state index is 12.9. The van der Waals surface area contributed by atoms with Gasteiger partial charge in [0.2, 0.25) is 10.0 Å². The van der Waals surface area contributed by atoms with Gasteiger partial charge in [-0.25, -0.2) is 8.42 Å². The molecule has 2 aromatic carbocycles. The van der Waals surface area contributed by atoms with E-state index in [1.165, 1.54) is 16.1 Å². The van der Waals surface area contributed by atoms with Crippen molar-refractivity contribution in [1.82, 2.24) is 5.32 Å². The lowest BCUT2D eigenvalue weighted by atomic mass is 9.93. The Morgan fingerprint density at radius 3 is 2.17 bits per heavy atom. The molecule has 1 heterocycles. The molecule has 0 fully saturated rings. The molecule has 0 aliphatic carbocycles. The zero-order valence-electron chi connectivity index (χ0n) is 17.8. The van der Waals surface area contributed by atoms with Gasteiger partial charge in [-0.05, 0) is 53.1 Å². The molecule has 0 radical (unpaired) electrons. The molecule has 1 atom stereocenters. The number of nitrogens with zero attached hydrogens (tertiary/aromatic N) is 1. The summed E-state index contributed by atoms with van der Waals surface area (Å²) in [7, 11) is -3.29. The van der Waals surface area contributed by atoms with E-state index in [9.17, 15) is 13.2 Å². The van der Waals surface area contributed by atoms with Crippen LogP contribution in [-0.2, 0) is 16.4 Å². The summed E-state index contributed by atoms with van der Waals surface area (Å²) >= 11 is 0. The predicted octanol–water partition coefficient (Wildman–Crippen LogP) is 4.26. The average molecular weight is 415 g/mol. The second-order valence-corrected chi connectivity index (χ2v) is 10.4. The van der Waals surface area contributed by atoms with Crippen molar-refractivity contribution in [3.05, 3.63) is 64.7 Å². The van der Waals surface area contributed by atoms with Crippen molar-refractivity contribution in [2.24, 2.45) is 5.92 Å². The Balaban J connectivity index is 1.81. The molecule has 0 bridgehead atoms. The number of carbonyl (C=O) groups excluding carboxylic acids is 1. The van der Waals surface area contributed by atoms with Crippen LogP contribution in [0.25, 0.3) is 0 Å². The van der Waals surface area contributed by atoms with Gasteiger partial charge in [0.25, 0.3) is 5.91 Å². The Hall–Kier alpha value is -2.34. The number of anilines is 1. The van der Waals surface area contributed by atoms with Crippen molar-refractivity contribution in [2.45, 2.75) is 46.1 Å². The standard InChI is InChI=1S/C23H30N2O3S/c1-15(2)17-6-8-18(9-7-17)22(16(3)4)24-23(26)20-10-11-21-19(14-20)12-13-25(21)29(5,27)28/h6-11,14-16,22H,12-13H2,1-5H3,(H,24,26). The molecule has 1 unspecified atom stereocenters. The number of sulfonamides is 1. The Kier molecular flexibility index (Phi) is 6.03.